The summed E-state index contributed by atoms with van der Waals surface area (Å²) in [6.45, 7) is 2.17. The lowest BCUT2D eigenvalue weighted by Crippen LogP contribution is -2.30. The minimum atomic E-state index is -0.553. The number of rotatable bonds is 9. The van der Waals surface area contributed by atoms with Crippen molar-refractivity contribution in [2.75, 3.05) is 14.2 Å². The molecule has 0 amide bonds. The number of hydrogen-bond acceptors (Lipinski definition) is 3. The van der Waals surface area contributed by atoms with Crippen LogP contribution in [-0.2, 0) is 9.47 Å². The molecule has 0 spiro atoms. The molecule has 0 fully saturated rings. The molecule has 19 heavy (non-hydrogen) atoms. The first kappa shape index (κ1) is 16.2. The lowest BCUT2D eigenvalue weighted by molar-refractivity contribution is -0.164. The largest absolute Gasteiger partial charge is 0.388 e. The second-order valence-corrected chi connectivity index (χ2v) is 4.85. The summed E-state index contributed by atoms with van der Waals surface area (Å²) in [5.41, 5.74) is 0.920. The molecule has 2 atom stereocenters. The van der Waals surface area contributed by atoms with Crippen molar-refractivity contribution in [3.05, 3.63) is 35.9 Å². The van der Waals surface area contributed by atoms with Gasteiger partial charge in [0, 0.05) is 20.1 Å². The van der Waals surface area contributed by atoms with Crippen molar-refractivity contribution < 1.29 is 14.6 Å². The molecule has 1 aromatic rings. The topological polar surface area (TPSA) is 38.7 Å². The summed E-state index contributed by atoms with van der Waals surface area (Å²) in [6.07, 6.45) is 3.39. The van der Waals surface area contributed by atoms with E-state index in [9.17, 15) is 5.11 Å². The Balaban J connectivity index is 2.76. The minimum absolute atomic E-state index is 0.0380. The van der Waals surface area contributed by atoms with Gasteiger partial charge in [0.15, 0.2) is 6.29 Å². The van der Waals surface area contributed by atoms with Gasteiger partial charge in [0.05, 0.1) is 6.10 Å². The predicted octanol–water partition coefficient (Wildman–Crippen LogP) is 3.54. The van der Waals surface area contributed by atoms with Crippen LogP contribution in [0.5, 0.6) is 0 Å². The molecular weight excluding hydrogens is 240 g/mol. The first-order valence-electron chi connectivity index (χ1n) is 7.03. The fraction of sp³-hybridized carbons (Fsp3) is 0.625. The maximum atomic E-state index is 10.6. The number of unbranched alkanes of at least 4 members (excludes halogenated alkanes) is 2. The second-order valence-electron chi connectivity index (χ2n) is 4.85. The molecule has 0 aliphatic heterocycles. The van der Waals surface area contributed by atoms with E-state index in [1.54, 1.807) is 14.2 Å². The smallest absolute Gasteiger partial charge is 0.162 e. The zero-order chi connectivity index (χ0) is 14.1. The Hall–Kier alpha value is -0.900. The monoisotopic (exact) mass is 266 g/mol. The summed E-state index contributed by atoms with van der Waals surface area (Å²) in [7, 11) is 3.25. The van der Waals surface area contributed by atoms with Crippen molar-refractivity contribution in [2.24, 2.45) is 5.92 Å². The Labute approximate surface area is 116 Å². The molecule has 0 heterocycles. The molecule has 1 N–H and O–H groups in total. The standard InChI is InChI=1S/C16H26O3/c1-4-5-7-12-14(16(18-2)19-3)15(17)13-10-8-6-9-11-13/h6,8-11,14-17H,4-5,7,12H2,1-3H3/t14-,15-/m1/s1. The molecule has 3 heteroatoms. The summed E-state index contributed by atoms with van der Waals surface area (Å²) < 4.78 is 10.7. The molecule has 108 valence electrons. The molecule has 0 bridgehead atoms. The van der Waals surface area contributed by atoms with E-state index in [1.165, 1.54) is 6.42 Å². The number of aliphatic hydroxyl groups is 1. The van der Waals surface area contributed by atoms with E-state index in [1.807, 2.05) is 30.3 Å². The van der Waals surface area contributed by atoms with Crippen LogP contribution >= 0.6 is 0 Å². The number of benzene rings is 1. The fourth-order valence-corrected chi connectivity index (χ4v) is 2.42. The fourth-order valence-electron chi connectivity index (χ4n) is 2.42. The molecule has 0 aliphatic carbocycles. The van der Waals surface area contributed by atoms with Crippen LogP contribution in [0.2, 0.25) is 0 Å². The average molecular weight is 266 g/mol. The van der Waals surface area contributed by atoms with Gasteiger partial charge in [-0.3, -0.25) is 0 Å². The first-order chi connectivity index (χ1) is 9.24. The van der Waals surface area contributed by atoms with Crippen molar-refractivity contribution in [1.82, 2.24) is 0 Å². The highest BCUT2D eigenvalue weighted by atomic mass is 16.7. The van der Waals surface area contributed by atoms with Gasteiger partial charge in [-0.2, -0.15) is 0 Å². The van der Waals surface area contributed by atoms with Gasteiger partial charge in [-0.15, -0.1) is 0 Å². The van der Waals surface area contributed by atoms with E-state index < -0.39 is 6.10 Å². The molecule has 0 aromatic heterocycles. The highest BCUT2D eigenvalue weighted by Gasteiger charge is 2.29. The Morgan fingerprint density at radius 2 is 1.68 bits per heavy atom. The van der Waals surface area contributed by atoms with Gasteiger partial charge in [0.1, 0.15) is 0 Å². The Morgan fingerprint density at radius 1 is 1.05 bits per heavy atom. The van der Waals surface area contributed by atoms with Gasteiger partial charge in [-0.1, -0.05) is 56.5 Å². The zero-order valence-electron chi connectivity index (χ0n) is 12.2. The van der Waals surface area contributed by atoms with E-state index in [-0.39, 0.29) is 12.2 Å². The SMILES string of the molecule is CCCCC[C@@H](C(OC)OC)[C@H](O)c1ccccc1. The van der Waals surface area contributed by atoms with E-state index >= 15 is 0 Å². The minimum Gasteiger partial charge on any atom is -0.388 e. The number of methoxy groups -OCH3 is 2. The second kappa shape index (κ2) is 9.08. The summed E-state index contributed by atoms with van der Waals surface area (Å²) >= 11 is 0. The summed E-state index contributed by atoms with van der Waals surface area (Å²) in [4.78, 5) is 0. The van der Waals surface area contributed by atoms with Crippen molar-refractivity contribution >= 4 is 0 Å². The van der Waals surface area contributed by atoms with Crippen molar-refractivity contribution in [3.8, 4) is 0 Å². The lowest BCUT2D eigenvalue weighted by atomic mass is 9.90. The molecule has 0 saturated heterocycles. The van der Waals surface area contributed by atoms with E-state index in [4.69, 9.17) is 9.47 Å². The summed E-state index contributed by atoms with van der Waals surface area (Å²) in [5.74, 6) is -0.0380. The Bertz CT molecular complexity index is 322. The van der Waals surface area contributed by atoms with Gasteiger partial charge in [-0.25, -0.2) is 0 Å². The van der Waals surface area contributed by atoms with Crippen molar-refractivity contribution in [2.45, 2.75) is 45.0 Å². The predicted molar refractivity (Wildman–Crippen MR) is 76.8 cm³/mol. The van der Waals surface area contributed by atoms with Gasteiger partial charge >= 0.3 is 0 Å². The maximum absolute atomic E-state index is 10.6. The molecule has 3 nitrogen and oxygen atoms in total. The molecule has 0 unspecified atom stereocenters. The molecule has 0 radical (unpaired) electrons. The third-order valence-electron chi connectivity index (χ3n) is 3.50. The molecule has 0 aliphatic rings. The van der Waals surface area contributed by atoms with Crippen LogP contribution in [0.15, 0.2) is 30.3 Å². The van der Waals surface area contributed by atoms with Gasteiger partial charge in [-0.05, 0) is 12.0 Å². The van der Waals surface area contributed by atoms with E-state index in [2.05, 4.69) is 6.92 Å². The summed E-state index contributed by atoms with van der Waals surface area (Å²) in [6, 6.07) is 9.72. The van der Waals surface area contributed by atoms with E-state index in [0.29, 0.717) is 0 Å². The van der Waals surface area contributed by atoms with Crippen molar-refractivity contribution in [1.29, 1.82) is 0 Å². The van der Waals surface area contributed by atoms with E-state index in [0.717, 1.165) is 24.8 Å². The van der Waals surface area contributed by atoms with Crippen LogP contribution in [0.3, 0.4) is 0 Å². The third-order valence-corrected chi connectivity index (χ3v) is 3.50. The third kappa shape index (κ3) is 4.94. The highest BCUT2D eigenvalue weighted by Crippen LogP contribution is 2.30. The zero-order valence-corrected chi connectivity index (χ0v) is 12.2. The van der Waals surface area contributed by atoms with Crippen LogP contribution in [0.4, 0.5) is 0 Å². The quantitative estimate of drug-likeness (QED) is 0.549. The Kier molecular flexibility index (Phi) is 7.72. The number of aliphatic hydroxyl groups excluding tert-OH is 1. The molecular formula is C16H26O3. The van der Waals surface area contributed by atoms with Crippen molar-refractivity contribution in [3.63, 3.8) is 0 Å². The van der Waals surface area contributed by atoms with Gasteiger partial charge in [0.25, 0.3) is 0 Å². The van der Waals surface area contributed by atoms with Gasteiger partial charge in [0.2, 0.25) is 0 Å². The molecule has 1 aromatic carbocycles. The van der Waals surface area contributed by atoms with Crippen LogP contribution in [0, 0.1) is 5.92 Å². The first-order valence-corrected chi connectivity index (χ1v) is 7.03. The molecule has 0 saturated carbocycles. The molecule has 1 rings (SSSR count). The Morgan fingerprint density at radius 3 is 2.21 bits per heavy atom. The maximum Gasteiger partial charge on any atom is 0.162 e. The summed E-state index contributed by atoms with van der Waals surface area (Å²) in [5, 5.41) is 10.6. The number of hydrogen-bond donors (Lipinski definition) is 1. The van der Waals surface area contributed by atoms with Crippen LogP contribution in [-0.4, -0.2) is 25.6 Å². The number of ether oxygens (including phenoxy) is 2. The lowest BCUT2D eigenvalue weighted by Gasteiger charge is -2.29. The van der Waals surface area contributed by atoms with Gasteiger partial charge < -0.3 is 14.6 Å². The van der Waals surface area contributed by atoms with Crippen LogP contribution < -0.4 is 0 Å². The normalized spacial score (nSPS) is 14.6. The average Bonchev–Trinajstić information content (AvgIpc) is 2.47. The van der Waals surface area contributed by atoms with Crippen LogP contribution in [0.25, 0.3) is 0 Å². The highest BCUT2D eigenvalue weighted by molar-refractivity contribution is 5.18. The van der Waals surface area contributed by atoms with Crippen LogP contribution in [0.1, 0.15) is 44.3 Å².